The molecule has 1 unspecified atom stereocenters. The average molecular weight is 827 g/mol. The van der Waals surface area contributed by atoms with Crippen molar-refractivity contribution >= 4 is 19.2 Å². The zero-order valence-corrected chi connectivity index (χ0v) is 35.0. The van der Waals surface area contributed by atoms with Crippen molar-refractivity contribution in [2.45, 2.75) is 166 Å². The van der Waals surface area contributed by atoms with Gasteiger partial charge >= 0.3 is 7.82 Å². The molecule has 4 heterocycles. The molecule has 2 aromatic heterocycles. The van der Waals surface area contributed by atoms with Crippen LogP contribution in [0.25, 0.3) is 5.52 Å². The van der Waals surface area contributed by atoms with Crippen molar-refractivity contribution in [1.29, 1.82) is 10.5 Å². The Morgan fingerprint density at radius 1 is 0.948 bits per heavy atom. The third kappa shape index (κ3) is 12.8. The molecule has 5 rings (SSSR count). The van der Waals surface area contributed by atoms with Crippen LogP contribution in [0.1, 0.15) is 146 Å². The normalized spacial score (nSPS) is 22.7. The standard InChI is InChI=1S/C42H60FN6O8P/c1-4-5-6-7-8-9-10-11-12-13-14-15-16-17-18-19-34(52-26-32-22-31(25-44)23-33(43)24-32)27-53-58(50,51)54-29-42(28-45)39-38(55-41(2,3)57-39)37(56-42)35-20-21-36-40(46)47-30-48-49(35)36/h20-24,30,34,37-39H,4-19,26-27,29H2,1-3H3,(H,50,51)(H2,46,47,48)/t34-,37+,38+,39+,42-/m1/s1. The zero-order chi connectivity index (χ0) is 41.6. The topological polar surface area (TPSA) is 196 Å². The summed E-state index contributed by atoms with van der Waals surface area (Å²) < 4.78 is 64.7. The predicted molar refractivity (Wildman–Crippen MR) is 214 cm³/mol. The number of hydrogen-bond acceptors (Lipinski definition) is 12. The Labute approximate surface area is 341 Å². The minimum absolute atomic E-state index is 0.0379. The second-order valence-corrected chi connectivity index (χ2v) is 17.4. The Morgan fingerprint density at radius 2 is 1.60 bits per heavy atom. The van der Waals surface area contributed by atoms with Crippen LogP contribution in [0.3, 0.4) is 0 Å². The van der Waals surface area contributed by atoms with Crippen LogP contribution < -0.4 is 5.73 Å². The predicted octanol–water partition coefficient (Wildman–Crippen LogP) is 9.16. The van der Waals surface area contributed by atoms with E-state index in [9.17, 15) is 24.4 Å². The first-order valence-corrected chi connectivity index (χ1v) is 22.3. The van der Waals surface area contributed by atoms with Gasteiger partial charge < -0.3 is 29.6 Å². The van der Waals surface area contributed by atoms with Gasteiger partial charge in [-0.05, 0) is 56.2 Å². The lowest BCUT2D eigenvalue weighted by Gasteiger charge is -2.29. The maximum absolute atomic E-state index is 14.2. The van der Waals surface area contributed by atoms with E-state index >= 15 is 0 Å². The molecular weight excluding hydrogens is 766 g/mol. The number of nitrogens with two attached hydrogens (primary N) is 1. The molecule has 16 heteroatoms. The number of aromatic nitrogens is 3. The zero-order valence-electron chi connectivity index (χ0n) is 34.2. The van der Waals surface area contributed by atoms with E-state index in [4.69, 9.17) is 33.7 Å². The number of halogens is 1. The van der Waals surface area contributed by atoms with Gasteiger partial charge in [0.15, 0.2) is 11.6 Å². The fraction of sp³-hybridized carbons (Fsp3) is 0.667. The first-order chi connectivity index (χ1) is 27.9. The van der Waals surface area contributed by atoms with Gasteiger partial charge in [0.2, 0.25) is 5.60 Å². The minimum Gasteiger partial charge on any atom is -0.382 e. The van der Waals surface area contributed by atoms with Crippen LogP contribution in [0.4, 0.5) is 10.2 Å². The molecule has 2 aliphatic heterocycles. The molecule has 1 aromatic carbocycles. The first-order valence-electron chi connectivity index (χ1n) is 20.8. The Morgan fingerprint density at radius 3 is 2.24 bits per heavy atom. The van der Waals surface area contributed by atoms with E-state index in [1.165, 1.54) is 93.6 Å². The number of nitrogen functional groups attached to an aromatic ring is 1. The maximum Gasteiger partial charge on any atom is 0.472 e. The summed E-state index contributed by atoms with van der Waals surface area (Å²) in [5.74, 6) is -1.42. The molecule has 3 N–H and O–H groups in total. The van der Waals surface area contributed by atoms with Crippen molar-refractivity contribution in [1.82, 2.24) is 14.6 Å². The van der Waals surface area contributed by atoms with Crippen LogP contribution in [-0.2, 0) is 39.2 Å². The van der Waals surface area contributed by atoms with E-state index in [0.29, 0.717) is 23.2 Å². The summed E-state index contributed by atoms with van der Waals surface area (Å²) in [6.45, 7) is 4.61. The quantitative estimate of drug-likeness (QED) is 0.0575. The van der Waals surface area contributed by atoms with Gasteiger partial charge in [0.05, 0.1) is 36.6 Å². The fourth-order valence-corrected chi connectivity index (χ4v) is 8.53. The number of ether oxygens (including phenoxy) is 4. The van der Waals surface area contributed by atoms with Crippen molar-refractivity contribution in [3.8, 4) is 12.1 Å². The molecule has 58 heavy (non-hydrogen) atoms. The molecule has 318 valence electrons. The Kier molecular flexibility index (Phi) is 17.0. The SMILES string of the molecule is CCCCCCCCCCCCCCCCC[C@H](COP(=O)(O)OC[C@@]1(C#N)O[C@@H](c2ccc3c(N)ncnn23)[C@@H]2OC(C)(C)O[C@@H]21)OCc1cc(F)cc(C#N)c1. The summed E-state index contributed by atoms with van der Waals surface area (Å²) >= 11 is 0. The number of nitrogens with zero attached hydrogens (tertiary/aromatic N) is 5. The molecule has 0 aliphatic carbocycles. The van der Waals surface area contributed by atoms with Gasteiger partial charge in [-0.1, -0.05) is 103 Å². The van der Waals surface area contributed by atoms with Gasteiger partial charge in [0.1, 0.15) is 48.6 Å². The summed E-state index contributed by atoms with van der Waals surface area (Å²) in [4.78, 5) is 14.9. The maximum atomic E-state index is 14.2. The number of rotatable bonds is 26. The van der Waals surface area contributed by atoms with Crippen LogP contribution in [0.15, 0.2) is 36.7 Å². The lowest BCUT2D eigenvalue weighted by Crippen LogP contribution is -2.45. The van der Waals surface area contributed by atoms with Crippen molar-refractivity contribution < 1.29 is 41.8 Å². The molecule has 3 aromatic rings. The van der Waals surface area contributed by atoms with Gasteiger partial charge in [0, 0.05) is 0 Å². The Bertz CT molecular complexity index is 1900. The highest BCUT2D eigenvalue weighted by molar-refractivity contribution is 7.47. The van der Waals surface area contributed by atoms with E-state index in [2.05, 4.69) is 23.1 Å². The highest BCUT2D eigenvalue weighted by Crippen LogP contribution is 2.52. The molecule has 0 spiro atoms. The van der Waals surface area contributed by atoms with Gasteiger partial charge in [0.25, 0.3) is 0 Å². The second kappa shape index (κ2) is 21.7. The highest BCUT2D eigenvalue weighted by atomic mass is 31.2. The number of unbranched alkanes of at least 4 members (excludes halogenated alkanes) is 14. The molecule has 0 saturated carbocycles. The summed E-state index contributed by atoms with van der Waals surface area (Å²) in [5, 5.41) is 24.1. The number of phosphoric ester groups is 1. The highest BCUT2D eigenvalue weighted by Gasteiger charge is 2.65. The van der Waals surface area contributed by atoms with E-state index in [-0.39, 0.29) is 24.6 Å². The molecule has 2 saturated heterocycles. The second-order valence-electron chi connectivity index (χ2n) is 15.9. The third-order valence-corrected chi connectivity index (χ3v) is 11.7. The third-order valence-electron chi connectivity index (χ3n) is 10.8. The van der Waals surface area contributed by atoms with Crippen molar-refractivity contribution in [3.63, 3.8) is 0 Å². The first kappa shape index (κ1) is 45.6. The van der Waals surface area contributed by atoms with Gasteiger partial charge in [-0.3, -0.25) is 9.05 Å². The molecule has 14 nitrogen and oxygen atoms in total. The van der Waals surface area contributed by atoms with Crippen LogP contribution in [0.2, 0.25) is 0 Å². The monoisotopic (exact) mass is 826 g/mol. The lowest BCUT2D eigenvalue weighted by atomic mass is 9.96. The van der Waals surface area contributed by atoms with Gasteiger partial charge in [-0.2, -0.15) is 15.6 Å². The summed E-state index contributed by atoms with van der Waals surface area (Å²) in [5.41, 5.74) is 5.83. The number of nitriles is 2. The van der Waals surface area contributed by atoms with E-state index in [0.717, 1.165) is 31.7 Å². The van der Waals surface area contributed by atoms with Crippen LogP contribution >= 0.6 is 7.82 Å². The summed E-state index contributed by atoms with van der Waals surface area (Å²) in [7, 11) is -4.79. The number of fused-ring (bicyclic) bond motifs is 2. The number of phosphoric acid groups is 1. The van der Waals surface area contributed by atoms with E-state index in [1.807, 2.05) is 6.07 Å². The molecule has 6 atom stereocenters. The van der Waals surface area contributed by atoms with E-state index < -0.39 is 56.1 Å². The number of hydrogen-bond donors (Lipinski definition) is 2. The van der Waals surface area contributed by atoms with E-state index in [1.54, 1.807) is 26.0 Å². The largest absolute Gasteiger partial charge is 0.472 e. The smallest absolute Gasteiger partial charge is 0.382 e. The van der Waals surface area contributed by atoms with Crippen LogP contribution in [0, 0.1) is 28.5 Å². The van der Waals surface area contributed by atoms with Crippen LogP contribution in [0.5, 0.6) is 0 Å². The number of anilines is 1. The minimum atomic E-state index is -4.79. The molecular formula is C42H60FN6O8P. The average Bonchev–Trinajstić information content (AvgIpc) is 3.86. The van der Waals surface area contributed by atoms with Crippen molar-refractivity contribution in [2.24, 2.45) is 0 Å². The molecule has 2 aliphatic rings. The molecule has 0 amide bonds. The Hall–Kier alpha value is -3.50. The van der Waals surface area contributed by atoms with Gasteiger partial charge in [-0.15, -0.1) is 0 Å². The van der Waals surface area contributed by atoms with Gasteiger partial charge in [-0.25, -0.2) is 18.5 Å². The van der Waals surface area contributed by atoms with Crippen LogP contribution in [-0.4, -0.2) is 62.4 Å². The molecule has 0 bridgehead atoms. The number of benzene rings is 1. The van der Waals surface area contributed by atoms with Crippen molar-refractivity contribution in [3.05, 3.63) is 59.3 Å². The molecule has 2 fully saturated rings. The summed E-state index contributed by atoms with van der Waals surface area (Å²) in [6.07, 6.45) is 16.8. The molecule has 0 radical (unpaired) electrons. The fourth-order valence-electron chi connectivity index (χ4n) is 7.75. The Balaban J connectivity index is 1.13. The lowest BCUT2D eigenvalue weighted by molar-refractivity contribution is -0.204. The summed E-state index contributed by atoms with van der Waals surface area (Å²) in [6, 6.07) is 11.5. The van der Waals surface area contributed by atoms with Crippen molar-refractivity contribution in [2.75, 3.05) is 18.9 Å².